The number of para-hydroxylation sites is 1. The number of hydrogen-bond donors (Lipinski definition) is 2. The van der Waals surface area contributed by atoms with Gasteiger partial charge in [-0.1, -0.05) is 47.5 Å². The fraction of sp³-hybridized carbons (Fsp3) is 0.350. The first-order valence-corrected chi connectivity index (χ1v) is 9.92. The summed E-state index contributed by atoms with van der Waals surface area (Å²) >= 11 is 12.4. The van der Waals surface area contributed by atoms with Gasteiger partial charge in [0.05, 0.1) is 10.7 Å². The van der Waals surface area contributed by atoms with Crippen molar-refractivity contribution in [3.63, 3.8) is 0 Å². The first kappa shape index (κ1) is 18.6. The number of anilines is 1. The molecule has 2 aliphatic heterocycles. The summed E-state index contributed by atoms with van der Waals surface area (Å²) in [4.78, 5) is 17.1. The molecule has 142 valence electrons. The predicted molar refractivity (Wildman–Crippen MR) is 109 cm³/mol. The van der Waals surface area contributed by atoms with Gasteiger partial charge in [0.25, 0.3) is 0 Å². The van der Waals surface area contributed by atoms with Crippen molar-refractivity contribution in [1.82, 2.24) is 15.8 Å². The van der Waals surface area contributed by atoms with Gasteiger partial charge < -0.3 is 9.80 Å². The Labute approximate surface area is 169 Å². The second-order valence-electron chi connectivity index (χ2n) is 6.95. The molecular weight excluding hydrogens is 383 g/mol. The molecule has 7 heteroatoms. The maximum absolute atomic E-state index is 12.9. The molecule has 4 rings (SSSR count). The number of rotatable bonds is 3. The van der Waals surface area contributed by atoms with Crippen LogP contribution in [0.5, 0.6) is 0 Å². The van der Waals surface area contributed by atoms with Gasteiger partial charge in [-0.2, -0.15) is 0 Å². The minimum Gasteiger partial charge on any atom is -0.367 e. The van der Waals surface area contributed by atoms with Crippen molar-refractivity contribution in [1.29, 1.82) is 0 Å². The summed E-state index contributed by atoms with van der Waals surface area (Å²) in [5, 5.41) is 1.46. The number of nitrogens with one attached hydrogen (secondary N) is 2. The quantitative estimate of drug-likeness (QED) is 0.823. The molecule has 2 aromatic carbocycles. The molecular formula is C20H22Cl2N4O. The molecule has 2 aromatic rings. The first-order valence-electron chi connectivity index (χ1n) is 9.16. The minimum atomic E-state index is -0.221. The molecule has 2 N–H and O–H groups in total. The molecule has 0 saturated carbocycles. The second kappa shape index (κ2) is 8.07. The van der Waals surface area contributed by atoms with Crippen LogP contribution in [0.2, 0.25) is 10.0 Å². The lowest BCUT2D eigenvalue weighted by Crippen LogP contribution is -2.53. The Morgan fingerprint density at radius 3 is 2.48 bits per heavy atom. The van der Waals surface area contributed by atoms with E-state index in [1.54, 1.807) is 0 Å². The summed E-state index contributed by atoms with van der Waals surface area (Å²) in [7, 11) is 0. The molecule has 2 heterocycles. The molecule has 2 saturated heterocycles. The number of carbonyl (C=O) groups is 1. The van der Waals surface area contributed by atoms with Crippen molar-refractivity contribution in [2.24, 2.45) is 0 Å². The zero-order chi connectivity index (χ0) is 18.8. The SMILES string of the molecule is O=C(C1CC(c2cccc(Cl)c2)NN1)N1CCN(c2ccccc2Cl)CC1. The molecule has 0 aromatic heterocycles. The van der Waals surface area contributed by atoms with Crippen LogP contribution < -0.4 is 15.8 Å². The summed E-state index contributed by atoms with van der Waals surface area (Å²) in [5.41, 5.74) is 8.51. The Balaban J connectivity index is 1.34. The normalized spacial score (nSPS) is 22.9. The third-order valence-electron chi connectivity index (χ3n) is 5.24. The van der Waals surface area contributed by atoms with E-state index in [0.717, 1.165) is 29.4 Å². The summed E-state index contributed by atoms with van der Waals surface area (Å²) in [5.74, 6) is 0.144. The van der Waals surface area contributed by atoms with E-state index in [1.807, 2.05) is 53.4 Å². The van der Waals surface area contributed by atoms with Crippen molar-refractivity contribution in [3.8, 4) is 0 Å². The van der Waals surface area contributed by atoms with Gasteiger partial charge in [-0.3, -0.25) is 4.79 Å². The number of hydrogen-bond acceptors (Lipinski definition) is 4. The van der Waals surface area contributed by atoms with E-state index in [-0.39, 0.29) is 18.0 Å². The molecule has 27 heavy (non-hydrogen) atoms. The summed E-state index contributed by atoms with van der Waals surface area (Å²) in [6, 6.07) is 15.5. The number of hydrazine groups is 1. The Hall–Kier alpha value is -1.79. The minimum absolute atomic E-state index is 0.0852. The highest BCUT2D eigenvalue weighted by atomic mass is 35.5. The highest BCUT2D eigenvalue weighted by Gasteiger charge is 2.34. The smallest absolute Gasteiger partial charge is 0.241 e. The van der Waals surface area contributed by atoms with Gasteiger partial charge >= 0.3 is 0 Å². The lowest BCUT2D eigenvalue weighted by molar-refractivity contribution is -0.133. The number of halogens is 2. The topological polar surface area (TPSA) is 47.6 Å². The lowest BCUT2D eigenvalue weighted by atomic mass is 10.0. The highest BCUT2D eigenvalue weighted by molar-refractivity contribution is 6.33. The van der Waals surface area contributed by atoms with Crippen LogP contribution in [0.25, 0.3) is 0 Å². The Morgan fingerprint density at radius 2 is 1.74 bits per heavy atom. The van der Waals surface area contributed by atoms with E-state index < -0.39 is 0 Å². The number of nitrogens with zero attached hydrogens (tertiary/aromatic N) is 2. The molecule has 2 aliphatic rings. The van der Waals surface area contributed by atoms with E-state index in [0.29, 0.717) is 24.5 Å². The molecule has 5 nitrogen and oxygen atoms in total. The third kappa shape index (κ3) is 4.06. The van der Waals surface area contributed by atoms with Gasteiger partial charge in [-0.05, 0) is 36.2 Å². The van der Waals surface area contributed by atoms with Gasteiger partial charge in [0, 0.05) is 37.2 Å². The fourth-order valence-electron chi connectivity index (χ4n) is 3.76. The maximum Gasteiger partial charge on any atom is 0.241 e. The molecule has 0 bridgehead atoms. The Morgan fingerprint density at radius 1 is 0.963 bits per heavy atom. The maximum atomic E-state index is 12.9. The van der Waals surface area contributed by atoms with Crippen molar-refractivity contribution < 1.29 is 4.79 Å². The zero-order valence-corrected chi connectivity index (χ0v) is 16.4. The Kier molecular flexibility index (Phi) is 5.55. The highest BCUT2D eigenvalue weighted by Crippen LogP contribution is 2.28. The first-order chi connectivity index (χ1) is 13.1. The van der Waals surface area contributed by atoms with Gasteiger partial charge in [-0.25, -0.2) is 10.9 Å². The summed E-state index contributed by atoms with van der Waals surface area (Å²) in [6.45, 7) is 2.97. The number of piperazine rings is 1. The Bertz CT molecular complexity index is 823. The van der Waals surface area contributed by atoms with Crippen LogP contribution in [-0.4, -0.2) is 43.0 Å². The largest absolute Gasteiger partial charge is 0.367 e. The number of benzene rings is 2. The molecule has 0 radical (unpaired) electrons. The predicted octanol–water partition coefficient (Wildman–Crippen LogP) is 3.25. The lowest BCUT2D eigenvalue weighted by Gasteiger charge is -2.37. The molecule has 2 unspecified atom stereocenters. The van der Waals surface area contributed by atoms with Gasteiger partial charge in [0.2, 0.25) is 5.91 Å². The zero-order valence-electron chi connectivity index (χ0n) is 14.9. The van der Waals surface area contributed by atoms with Crippen LogP contribution in [0.1, 0.15) is 18.0 Å². The summed E-state index contributed by atoms with van der Waals surface area (Å²) in [6.07, 6.45) is 0.712. The van der Waals surface area contributed by atoms with E-state index in [1.165, 1.54) is 0 Å². The van der Waals surface area contributed by atoms with E-state index in [4.69, 9.17) is 23.2 Å². The second-order valence-corrected chi connectivity index (χ2v) is 7.79. The summed E-state index contributed by atoms with van der Waals surface area (Å²) < 4.78 is 0. The van der Waals surface area contributed by atoms with Gasteiger partial charge in [0.1, 0.15) is 6.04 Å². The number of carbonyl (C=O) groups excluding carboxylic acids is 1. The number of amides is 1. The monoisotopic (exact) mass is 404 g/mol. The molecule has 1 amide bonds. The average molecular weight is 405 g/mol. The van der Waals surface area contributed by atoms with Crippen molar-refractivity contribution in [2.75, 3.05) is 31.1 Å². The van der Waals surface area contributed by atoms with Crippen molar-refractivity contribution in [2.45, 2.75) is 18.5 Å². The van der Waals surface area contributed by atoms with Crippen LogP contribution in [0.15, 0.2) is 48.5 Å². The van der Waals surface area contributed by atoms with Crippen LogP contribution in [0.4, 0.5) is 5.69 Å². The third-order valence-corrected chi connectivity index (χ3v) is 5.79. The molecule has 0 spiro atoms. The van der Waals surface area contributed by atoms with Crippen LogP contribution in [-0.2, 0) is 4.79 Å². The van der Waals surface area contributed by atoms with Crippen LogP contribution >= 0.6 is 23.2 Å². The van der Waals surface area contributed by atoms with Crippen molar-refractivity contribution >= 4 is 34.8 Å². The van der Waals surface area contributed by atoms with Crippen LogP contribution in [0, 0.1) is 0 Å². The fourth-order valence-corrected chi connectivity index (χ4v) is 4.21. The van der Waals surface area contributed by atoms with E-state index in [2.05, 4.69) is 15.8 Å². The van der Waals surface area contributed by atoms with E-state index >= 15 is 0 Å². The standard InChI is InChI=1S/C20H22Cl2N4O/c21-15-5-3-4-14(12-15)17-13-18(24-23-17)20(27)26-10-8-25(9-11-26)19-7-2-1-6-16(19)22/h1-7,12,17-18,23-24H,8-11,13H2. The van der Waals surface area contributed by atoms with Crippen molar-refractivity contribution in [3.05, 3.63) is 64.1 Å². The van der Waals surface area contributed by atoms with Gasteiger partial charge in [-0.15, -0.1) is 0 Å². The molecule has 2 atom stereocenters. The van der Waals surface area contributed by atoms with Crippen LogP contribution in [0.3, 0.4) is 0 Å². The van der Waals surface area contributed by atoms with E-state index in [9.17, 15) is 4.79 Å². The molecule has 2 fully saturated rings. The van der Waals surface area contributed by atoms with Gasteiger partial charge in [0.15, 0.2) is 0 Å². The molecule has 0 aliphatic carbocycles. The average Bonchev–Trinajstić information content (AvgIpc) is 3.18.